The SMILES string of the molecule is CC[C@@H](N)c1cc(C#N)cc(C(F)(F)F)c1. The molecule has 1 aromatic rings. The maximum atomic E-state index is 12.5. The van der Waals surface area contributed by atoms with E-state index in [1.807, 2.05) is 0 Å². The summed E-state index contributed by atoms with van der Waals surface area (Å²) in [5, 5.41) is 8.65. The van der Waals surface area contributed by atoms with Crippen molar-refractivity contribution in [2.24, 2.45) is 5.73 Å². The lowest BCUT2D eigenvalue weighted by molar-refractivity contribution is -0.137. The average Bonchev–Trinajstić information content (AvgIpc) is 2.26. The van der Waals surface area contributed by atoms with E-state index in [0.717, 1.165) is 12.1 Å². The number of nitrogens with zero attached hydrogens (tertiary/aromatic N) is 1. The van der Waals surface area contributed by atoms with Gasteiger partial charge in [0.25, 0.3) is 0 Å². The molecule has 1 atom stereocenters. The van der Waals surface area contributed by atoms with Crippen molar-refractivity contribution in [1.29, 1.82) is 5.26 Å². The van der Waals surface area contributed by atoms with Crippen LogP contribution in [0.5, 0.6) is 0 Å². The van der Waals surface area contributed by atoms with E-state index in [4.69, 9.17) is 11.0 Å². The van der Waals surface area contributed by atoms with E-state index in [2.05, 4.69) is 0 Å². The van der Waals surface area contributed by atoms with Crippen molar-refractivity contribution in [2.45, 2.75) is 25.6 Å². The number of alkyl halides is 3. The van der Waals surface area contributed by atoms with Crippen molar-refractivity contribution in [3.05, 3.63) is 34.9 Å². The third-order valence-corrected chi connectivity index (χ3v) is 2.28. The fourth-order valence-electron chi connectivity index (χ4n) is 1.33. The van der Waals surface area contributed by atoms with Gasteiger partial charge in [0.2, 0.25) is 0 Å². The zero-order valence-electron chi connectivity index (χ0n) is 8.67. The molecular formula is C11H11F3N2. The highest BCUT2D eigenvalue weighted by Crippen LogP contribution is 2.31. The van der Waals surface area contributed by atoms with Crippen LogP contribution in [0, 0.1) is 11.3 Å². The van der Waals surface area contributed by atoms with Gasteiger partial charge in [0.1, 0.15) is 0 Å². The molecule has 1 aromatic carbocycles. The van der Waals surface area contributed by atoms with Gasteiger partial charge in [0.05, 0.1) is 17.2 Å². The van der Waals surface area contributed by atoms with Crippen molar-refractivity contribution < 1.29 is 13.2 Å². The molecule has 0 aromatic heterocycles. The quantitative estimate of drug-likeness (QED) is 0.845. The van der Waals surface area contributed by atoms with Crippen molar-refractivity contribution in [2.75, 3.05) is 0 Å². The lowest BCUT2D eigenvalue weighted by atomic mass is 9.99. The van der Waals surface area contributed by atoms with Crippen LogP contribution in [0.3, 0.4) is 0 Å². The molecule has 0 amide bonds. The van der Waals surface area contributed by atoms with Gasteiger partial charge in [-0.1, -0.05) is 6.92 Å². The molecule has 0 saturated carbocycles. The number of hydrogen-bond donors (Lipinski definition) is 1. The number of halogens is 3. The Kier molecular flexibility index (Phi) is 3.55. The normalized spacial score (nSPS) is 13.2. The van der Waals surface area contributed by atoms with Crippen molar-refractivity contribution in [3.63, 3.8) is 0 Å². The first-order valence-corrected chi connectivity index (χ1v) is 4.76. The molecular weight excluding hydrogens is 217 g/mol. The lowest BCUT2D eigenvalue weighted by Crippen LogP contribution is -2.12. The average molecular weight is 228 g/mol. The molecule has 2 N–H and O–H groups in total. The number of hydrogen-bond acceptors (Lipinski definition) is 2. The van der Waals surface area contributed by atoms with Gasteiger partial charge in [-0.3, -0.25) is 0 Å². The van der Waals surface area contributed by atoms with Crippen molar-refractivity contribution in [3.8, 4) is 6.07 Å². The predicted octanol–water partition coefficient (Wildman–Crippen LogP) is 2.99. The van der Waals surface area contributed by atoms with Crippen LogP contribution in [0.2, 0.25) is 0 Å². The van der Waals surface area contributed by atoms with Crippen LogP contribution in [0.15, 0.2) is 18.2 Å². The molecule has 5 heteroatoms. The highest BCUT2D eigenvalue weighted by molar-refractivity contribution is 5.39. The minimum atomic E-state index is -4.45. The summed E-state index contributed by atoms with van der Waals surface area (Å²) in [6.07, 6.45) is -3.93. The largest absolute Gasteiger partial charge is 0.416 e. The second-order valence-corrected chi connectivity index (χ2v) is 3.47. The summed E-state index contributed by atoms with van der Waals surface area (Å²) < 4.78 is 37.5. The third-order valence-electron chi connectivity index (χ3n) is 2.28. The monoisotopic (exact) mass is 228 g/mol. The standard InChI is InChI=1S/C11H11F3N2/c1-2-10(16)8-3-7(6-15)4-9(5-8)11(12,13)14/h3-5,10H,2,16H2,1H3/t10-/m1/s1. The first-order valence-electron chi connectivity index (χ1n) is 4.76. The van der Waals surface area contributed by atoms with Crippen LogP contribution in [-0.4, -0.2) is 0 Å². The summed E-state index contributed by atoms with van der Waals surface area (Å²) in [4.78, 5) is 0. The van der Waals surface area contributed by atoms with Crippen molar-refractivity contribution in [1.82, 2.24) is 0 Å². The third kappa shape index (κ3) is 2.74. The van der Waals surface area contributed by atoms with Gasteiger partial charge in [-0.05, 0) is 30.2 Å². The van der Waals surface area contributed by atoms with E-state index in [0.29, 0.717) is 12.0 Å². The Hall–Kier alpha value is -1.54. The smallest absolute Gasteiger partial charge is 0.324 e. The molecule has 0 aliphatic heterocycles. The molecule has 0 aliphatic rings. The van der Waals surface area contributed by atoms with Gasteiger partial charge in [-0.25, -0.2) is 0 Å². The second kappa shape index (κ2) is 4.54. The molecule has 0 unspecified atom stereocenters. The van der Waals surface area contributed by atoms with E-state index in [-0.39, 0.29) is 5.56 Å². The van der Waals surface area contributed by atoms with Gasteiger partial charge in [-0.2, -0.15) is 18.4 Å². The molecule has 1 rings (SSSR count). The van der Waals surface area contributed by atoms with Gasteiger partial charge in [-0.15, -0.1) is 0 Å². The molecule has 0 saturated heterocycles. The number of nitriles is 1. The summed E-state index contributed by atoms with van der Waals surface area (Å²) in [5.41, 5.74) is 5.15. The van der Waals surface area contributed by atoms with E-state index < -0.39 is 17.8 Å². The Morgan fingerprint density at radius 1 is 1.38 bits per heavy atom. The molecule has 0 radical (unpaired) electrons. The van der Waals surface area contributed by atoms with E-state index in [1.165, 1.54) is 6.07 Å². The molecule has 0 bridgehead atoms. The van der Waals surface area contributed by atoms with E-state index in [9.17, 15) is 13.2 Å². The van der Waals surface area contributed by atoms with Gasteiger partial charge in [0, 0.05) is 6.04 Å². The molecule has 86 valence electrons. The first kappa shape index (κ1) is 12.5. The second-order valence-electron chi connectivity index (χ2n) is 3.47. The molecule has 16 heavy (non-hydrogen) atoms. The molecule has 0 heterocycles. The Morgan fingerprint density at radius 3 is 2.44 bits per heavy atom. The maximum Gasteiger partial charge on any atom is 0.416 e. The Labute approximate surface area is 91.5 Å². The highest BCUT2D eigenvalue weighted by atomic mass is 19.4. The van der Waals surface area contributed by atoms with Gasteiger partial charge >= 0.3 is 6.18 Å². The Morgan fingerprint density at radius 2 is 2.00 bits per heavy atom. The lowest BCUT2D eigenvalue weighted by Gasteiger charge is -2.13. The van der Waals surface area contributed by atoms with Crippen LogP contribution in [0.25, 0.3) is 0 Å². The van der Waals surface area contributed by atoms with Gasteiger partial charge < -0.3 is 5.73 Å². The fourth-order valence-corrected chi connectivity index (χ4v) is 1.33. The van der Waals surface area contributed by atoms with Crippen LogP contribution < -0.4 is 5.73 Å². The number of rotatable bonds is 2. The minimum absolute atomic E-state index is 0.0197. The predicted molar refractivity (Wildman–Crippen MR) is 53.4 cm³/mol. The topological polar surface area (TPSA) is 49.8 Å². The van der Waals surface area contributed by atoms with E-state index in [1.54, 1.807) is 13.0 Å². The Bertz CT molecular complexity index is 418. The molecule has 0 aliphatic carbocycles. The molecule has 0 fully saturated rings. The van der Waals surface area contributed by atoms with Crippen LogP contribution in [0.4, 0.5) is 13.2 Å². The maximum absolute atomic E-state index is 12.5. The summed E-state index contributed by atoms with van der Waals surface area (Å²) in [6.45, 7) is 1.77. The molecule has 2 nitrogen and oxygen atoms in total. The zero-order valence-corrected chi connectivity index (χ0v) is 8.67. The summed E-state index contributed by atoms with van der Waals surface area (Å²) in [5.74, 6) is 0. The fraction of sp³-hybridized carbons (Fsp3) is 0.364. The van der Waals surface area contributed by atoms with Crippen LogP contribution in [-0.2, 0) is 6.18 Å². The summed E-state index contributed by atoms with van der Waals surface area (Å²) in [7, 11) is 0. The van der Waals surface area contributed by atoms with Crippen LogP contribution in [0.1, 0.15) is 36.1 Å². The van der Waals surface area contributed by atoms with E-state index >= 15 is 0 Å². The first-order chi connectivity index (χ1) is 7.38. The number of nitrogens with two attached hydrogens (primary N) is 1. The van der Waals surface area contributed by atoms with Crippen LogP contribution >= 0.6 is 0 Å². The minimum Gasteiger partial charge on any atom is -0.324 e. The Balaban J connectivity index is 3.28. The number of benzene rings is 1. The summed E-state index contributed by atoms with van der Waals surface area (Å²) >= 11 is 0. The zero-order chi connectivity index (χ0) is 12.3. The molecule has 0 spiro atoms. The highest BCUT2D eigenvalue weighted by Gasteiger charge is 2.31. The summed E-state index contributed by atoms with van der Waals surface area (Å²) in [6, 6.07) is 4.44. The van der Waals surface area contributed by atoms with Gasteiger partial charge in [0.15, 0.2) is 0 Å². The van der Waals surface area contributed by atoms with Crippen molar-refractivity contribution >= 4 is 0 Å².